The number of hydrogen-bond donors (Lipinski definition) is 2. The number of rotatable bonds is 4. The number of carbonyl (C=O) groups is 1. The molecule has 2 rings (SSSR count). The summed E-state index contributed by atoms with van der Waals surface area (Å²) in [5.41, 5.74) is -3.17. The Morgan fingerprint density at radius 3 is 2.35 bits per heavy atom. The molecular formula is C15H12ClF3N2OS. The summed E-state index contributed by atoms with van der Waals surface area (Å²) in [6, 6.07) is 12.0. The van der Waals surface area contributed by atoms with Crippen molar-refractivity contribution >= 4 is 35.1 Å². The third-order valence-corrected chi connectivity index (χ3v) is 3.85. The molecule has 0 saturated heterocycles. The minimum Gasteiger partial charge on any atom is -0.334 e. The molecule has 2 aromatic rings. The van der Waals surface area contributed by atoms with Crippen molar-refractivity contribution in [1.29, 1.82) is 0 Å². The molecule has 0 spiro atoms. The van der Waals surface area contributed by atoms with E-state index in [0.29, 0.717) is 10.7 Å². The Balaban J connectivity index is 1.87. The fourth-order valence-corrected chi connectivity index (χ4v) is 2.47. The minimum absolute atomic E-state index is 0.0551. The van der Waals surface area contributed by atoms with Crippen LogP contribution in [0.3, 0.4) is 0 Å². The summed E-state index contributed by atoms with van der Waals surface area (Å²) in [5, 5.41) is 5.70. The van der Waals surface area contributed by atoms with Crippen molar-refractivity contribution in [2.45, 2.75) is 16.9 Å². The molecule has 2 N–H and O–H groups in total. The van der Waals surface area contributed by atoms with Crippen LogP contribution in [0.1, 0.15) is 5.56 Å². The number of benzene rings is 2. The standard InChI is InChI=1S/C15H12ClF3N2OS/c16-13-4-2-1-3-10(13)9-20-14(22)21-11-5-7-12(8-6-11)23-15(17,18)19/h1-8H,9H2,(H2,20,21,22). The van der Waals surface area contributed by atoms with Crippen LogP contribution in [0.15, 0.2) is 53.4 Å². The molecule has 0 atom stereocenters. The highest BCUT2D eigenvalue weighted by Gasteiger charge is 2.28. The van der Waals surface area contributed by atoms with Gasteiger partial charge in [0, 0.05) is 22.2 Å². The van der Waals surface area contributed by atoms with Crippen LogP contribution < -0.4 is 10.6 Å². The van der Waals surface area contributed by atoms with E-state index in [1.54, 1.807) is 24.3 Å². The number of alkyl halides is 3. The van der Waals surface area contributed by atoms with Crippen LogP contribution in [-0.2, 0) is 6.54 Å². The van der Waals surface area contributed by atoms with E-state index in [4.69, 9.17) is 11.6 Å². The first-order chi connectivity index (χ1) is 10.8. The number of thioether (sulfide) groups is 1. The maximum Gasteiger partial charge on any atom is 0.446 e. The van der Waals surface area contributed by atoms with Crippen LogP contribution in [0.5, 0.6) is 0 Å². The van der Waals surface area contributed by atoms with Gasteiger partial charge in [-0.15, -0.1) is 0 Å². The molecule has 0 aliphatic rings. The topological polar surface area (TPSA) is 41.1 Å². The van der Waals surface area contributed by atoms with Crippen LogP contribution in [0, 0.1) is 0 Å². The summed E-state index contributed by atoms with van der Waals surface area (Å²) < 4.78 is 36.7. The fraction of sp³-hybridized carbons (Fsp3) is 0.133. The van der Waals surface area contributed by atoms with Crippen LogP contribution in [0.4, 0.5) is 23.7 Å². The van der Waals surface area contributed by atoms with Gasteiger partial charge >= 0.3 is 11.5 Å². The number of halogens is 4. The van der Waals surface area contributed by atoms with E-state index < -0.39 is 11.5 Å². The van der Waals surface area contributed by atoms with Gasteiger partial charge in [-0.05, 0) is 47.7 Å². The number of nitrogens with one attached hydrogen (secondary N) is 2. The molecule has 0 aliphatic carbocycles. The highest BCUT2D eigenvalue weighted by Crippen LogP contribution is 2.36. The zero-order valence-corrected chi connectivity index (χ0v) is 13.2. The van der Waals surface area contributed by atoms with E-state index in [1.807, 2.05) is 0 Å². The lowest BCUT2D eigenvalue weighted by molar-refractivity contribution is -0.0328. The zero-order chi connectivity index (χ0) is 16.9. The van der Waals surface area contributed by atoms with Gasteiger partial charge in [0.05, 0.1) is 0 Å². The molecule has 0 heterocycles. The van der Waals surface area contributed by atoms with Crippen LogP contribution in [-0.4, -0.2) is 11.5 Å². The smallest absolute Gasteiger partial charge is 0.334 e. The summed E-state index contributed by atoms with van der Waals surface area (Å²) >= 11 is 5.77. The molecule has 0 aromatic heterocycles. The van der Waals surface area contributed by atoms with Crippen LogP contribution in [0.2, 0.25) is 5.02 Å². The number of urea groups is 1. The molecule has 8 heteroatoms. The normalized spacial score (nSPS) is 11.1. The van der Waals surface area contributed by atoms with Gasteiger partial charge in [0.2, 0.25) is 0 Å². The van der Waals surface area contributed by atoms with Crippen molar-refractivity contribution in [3.05, 3.63) is 59.1 Å². The van der Waals surface area contributed by atoms with Crippen molar-refractivity contribution in [3.63, 3.8) is 0 Å². The van der Waals surface area contributed by atoms with Crippen molar-refractivity contribution in [2.24, 2.45) is 0 Å². The average molecular weight is 361 g/mol. The Hall–Kier alpha value is -1.86. The first-order valence-electron chi connectivity index (χ1n) is 6.47. The summed E-state index contributed by atoms with van der Waals surface area (Å²) in [6.45, 7) is 0.244. The first-order valence-corrected chi connectivity index (χ1v) is 7.67. The van der Waals surface area contributed by atoms with Gasteiger partial charge in [-0.3, -0.25) is 0 Å². The van der Waals surface area contributed by atoms with Gasteiger partial charge in [0.1, 0.15) is 0 Å². The third-order valence-electron chi connectivity index (χ3n) is 2.74. The van der Waals surface area contributed by atoms with E-state index >= 15 is 0 Å². The van der Waals surface area contributed by atoms with E-state index in [2.05, 4.69) is 10.6 Å². The first kappa shape index (κ1) is 17.5. The predicted molar refractivity (Wildman–Crippen MR) is 85.7 cm³/mol. The minimum atomic E-state index is -4.33. The van der Waals surface area contributed by atoms with Crippen molar-refractivity contribution in [2.75, 3.05) is 5.32 Å². The SMILES string of the molecule is O=C(NCc1ccccc1Cl)Nc1ccc(SC(F)(F)F)cc1. The van der Waals surface area contributed by atoms with Crippen molar-refractivity contribution in [3.8, 4) is 0 Å². The Morgan fingerprint density at radius 1 is 1.09 bits per heavy atom. The Morgan fingerprint density at radius 2 is 1.74 bits per heavy atom. The van der Waals surface area contributed by atoms with Gasteiger partial charge < -0.3 is 10.6 Å². The lowest BCUT2D eigenvalue weighted by Gasteiger charge is -2.10. The lowest BCUT2D eigenvalue weighted by Crippen LogP contribution is -2.28. The molecule has 0 unspecified atom stereocenters. The number of anilines is 1. The van der Waals surface area contributed by atoms with E-state index in [-0.39, 0.29) is 23.2 Å². The molecule has 0 bridgehead atoms. The second kappa shape index (κ2) is 7.61. The molecular weight excluding hydrogens is 349 g/mol. The fourth-order valence-electron chi connectivity index (χ4n) is 1.73. The molecule has 0 fully saturated rings. The summed E-state index contributed by atoms with van der Waals surface area (Å²) in [4.78, 5) is 11.8. The summed E-state index contributed by atoms with van der Waals surface area (Å²) in [5.74, 6) is 0. The maximum atomic E-state index is 12.2. The third kappa shape index (κ3) is 6.03. The number of hydrogen-bond acceptors (Lipinski definition) is 2. The quantitative estimate of drug-likeness (QED) is 0.729. The molecule has 2 aromatic carbocycles. The highest BCUT2D eigenvalue weighted by atomic mass is 35.5. The van der Waals surface area contributed by atoms with Crippen molar-refractivity contribution in [1.82, 2.24) is 5.32 Å². The highest BCUT2D eigenvalue weighted by molar-refractivity contribution is 8.00. The predicted octanol–water partition coefficient (Wildman–Crippen LogP) is 5.27. The molecule has 2 amide bonds. The summed E-state index contributed by atoms with van der Waals surface area (Å²) in [6.07, 6.45) is 0. The van der Waals surface area contributed by atoms with E-state index in [9.17, 15) is 18.0 Å². The van der Waals surface area contributed by atoms with Crippen molar-refractivity contribution < 1.29 is 18.0 Å². The van der Waals surface area contributed by atoms with Gasteiger partial charge in [-0.2, -0.15) is 13.2 Å². The van der Waals surface area contributed by atoms with E-state index in [1.165, 1.54) is 24.3 Å². The maximum absolute atomic E-state index is 12.2. The van der Waals surface area contributed by atoms with Crippen LogP contribution in [0.25, 0.3) is 0 Å². The number of carbonyl (C=O) groups excluding carboxylic acids is 1. The molecule has 0 radical (unpaired) electrons. The largest absolute Gasteiger partial charge is 0.446 e. The second-order valence-corrected chi connectivity index (χ2v) is 6.02. The van der Waals surface area contributed by atoms with Gasteiger partial charge in [-0.1, -0.05) is 29.8 Å². The van der Waals surface area contributed by atoms with Gasteiger partial charge in [0.25, 0.3) is 0 Å². The molecule has 122 valence electrons. The molecule has 0 aliphatic heterocycles. The Bertz CT molecular complexity index is 677. The average Bonchev–Trinajstić information content (AvgIpc) is 2.47. The molecule has 3 nitrogen and oxygen atoms in total. The molecule has 23 heavy (non-hydrogen) atoms. The monoisotopic (exact) mass is 360 g/mol. The second-order valence-electron chi connectivity index (χ2n) is 4.47. The Labute approximate surface area is 140 Å². The Kier molecular flexibility index (Phi) is 5.79. The van der Waals surface area contributed by atoms with Gasteiger partial charge in [0.15, 0.2) is 0 Å². The molecule has 0 saturated carbocycles. The summed E-state index contributed by atoms with van der Waals surface area (Å²) in [7, 11) is 0. The van der Waals surface area contributed by atoms with Crippen LogP contribution >= 0.6 is 23.4 Å². The zero-order valence-electron chi connectivity index (χ0n) is 11.7. The van der Waals surface area contributed by atoms with E-state index in [0.717, 1.165) is 5.56 Å². The number of amides is 2. The van der Waals surface area contributed by atoms with Gasteiger partial charge in [-0.25, -0.2) is 4.79 Å². The lowest BCUT2D eigenvalue weighted by atomic mass is 10.2.